The molecule has 2 fully saturated rings. The van der Waals surface area contributed by atoms with E-state index in [0.717, 1.165) is 0 Å². The van der Waals surface area contributed by atoms with Gasteiger partial charge in [-0.15, -0.1) is 22.7 Å². The molecule has 4 heteroatoms. The molecule has 0 bridgehead atoms. The molecule has 82 heavy (non-hydrogen) atoms. The first-order valence-electron chi connectivity index (χ1n) is 30.4. The minimum Gasteiger partial charge on any atom is -0.309 e. The van der Waals surface area contributed by atoms with Gasteiger partial charge in [-0.05, 0) is 167 Å². The Morgan fingerprint density at radius 1 is 0.341 bits per heavy atom. The molecule has 2 nitrogen and oxygen atoms in total. The lowest BCUT2D eigenvalue weighted by Gasteiger charge is -2.46. The van der Waals surface area contributed by atoms with Crippen LogP contribution in [-0.2, 0) is 10.8 Å². The van der Waals surface area contributed by atoms with E-state index in [2.05, 4.69) is 244 Å². The second-order valence-electron chi connectivity index (χ2n) is 24.8. The second-order valence-corrected chi connectivity index (χ2v) is 26.8. The van der Waals surface area contributed by atoms with Gasteiger partial charge in [0.25, 0.3) is 0 Å². The minimum absolute atomic E-state index is 0.205. The van der Waals surface area contributed by atoms with Gasteiger partial charge in [0.15, 0.2) is 0 Å². The Balaban J connectivity index is 0.996. The van der Waals surface area contributed by atoms with Crippen molar-refractivity contribution in [3.05, 3.63) is 262 Å². The van der Waals surface area contributed by atoms with Crippen molar-refractivity contribution in [2.75, 3.05) is 9.80 Å². The molecule has 0 saturated heterocycles. The van der Waals surface area contributed by atoms with Crippen LogP contribution in [0.15, 0.2) is 206 Å². The summed E-state index contributed by atoms with van der Waals surface area (Å²) in [6, 6.07) is 80.9. The van der Waals surface area contributed by atoms with Crippen molar-refractivity contribution in [3.63, 3.8) is 0 Å². The first kappa shape index (κ1) is 50.0. The van der Waals surface area contributed by atoms with Crippen molar-refractivity contribution in [2.45, 2.75) is 115 Å². The van der Waals surface area contributed by atoms with E-state index in [-0.39, 0.29) is 5.41 Å². The zero-order valence-corrected chi connectivity index (χ0v) is 49.2. The molecule has 0 atom stereocenters. The molecule has 16 rings (SSSR count). The fraction of sp³-hybridized carbons (Fsp3) is 0.231. The molecule has 4 aliphatic carbocycles. The molecule has 1 spiro atoms. The summed E-state index contributed by atoms with van der Waals surface area (Å²) in [4.78, 5) is 5.35. The van der Waals surface area contributed by atoms with Gasteiger partial charge in [-0.1, -0.05) is 210 Å². The molecular formula is C78H68N2S2. The maximum Gasteiger partial charge on any atom is 0.0719 e. The summed E-state index contributed by atoms with van der Waals surface area (Å²) in [7, 11) is 0. The van der Waals surface area contributed by atoms with Crippen LogP contribution < -0.4 is 9.80 Å². The summed E-state index contributed by atoms with van der Waals surface area (Å²) < 4.78 is 5.41. The quantitative estimate of drug-likeness (QED) is 0.150. The highest BCUT2D eigenvalue weighted by molar-refractivity contribution is 7.27. The topological polar surface area (TPSA) is 6.48 Å². The molecule has 2 saturated carbocycles. The third kappa shape index (κ3) is 7.42. The third-order valence-electron chi connectivity index (χ3n) is 20.0. The van der Waals surface area contributed by atoms with Gasteiger partial charge in [-0.3, -0.25) is 0 Å². The summed E-state index contributed by atoms with van der Waals surface area (Å²) >= 11 is 3.92. The van der Waals surface area contributed by atoms with Gasteiger partial charge >= 0.3 is 0 Å². The van der Waals surface area contributed by atoms with Crippen LogP contribution in [0.25, 0.3) is 51.5 Å². The molecule has 0 amide bonds. The number of aryl methyl sites for hydroxylation is 2. The highest BCUT2D eigenvalue weighted by Crippen LogP contribution is 2.64. The first-order chi connectivity index (χ1) is 40.3. The first-order valence-corrected chi connectivity index (χ1v) is 32.0. The van der Waals surface area contributed by atoms with Crippen molar-refractivity contribution in [2.24, 2.45) is 0 Å². The summed E-state index contributed by atoms with van der Waals surface area (Å²) in [5.41, 5.74) is 23.2. The SMILES string of the molecule is Cc1cccc2c1sc1c(N(c3ccc4c(c3)-c3cc(N(c5ccccc5C5CCCCC5)c5cccc6c5sc5c(C)cccc56)ccc3C43c4ccccc4C(C)(C)c4ccccc43)c3ccccc3C3CCCCC3)cccc12. The molecule has 0 N–H and O–H groups in total. The van der Waals surface area contributed by atoms with E-state index in [0.29, 0.717) is 11.8 Å². The fourth-order valence-electron chi connectivity index (χ4n) is 16.1. The Bertz CT molecular complexity index is 4230. The molecule has 402 valence electrons. The lowest BCUT2D eigenvalue weighted by atomic mass is 9.55. The van der Waals surface area contributed by atoms with Gasteiger partial charge in [0.2, 0.25) is 0 Å². The lowest BCUT2D eigenvalue weighted by molar-refractivity contribution is 0.444. The van der Waals surface area contributed by atoms with Gasteiger partial charge in [0.1, 0.15) is 0 Å². The number of hydrogen-bond acceptors (Lipinski definition) is 4. The molecule has 2 aromatic heterocycles. The van der Waals surface area contributed by atoms with Crippen LogP contribution in [0.3, 0.4) is 0 Å². The predicted octanol–water partition coefficient (Wildman–Crippen LogP) is 23.1. The smallest absolute Gasteiger partial charge is 0.0719 e. The summed E-state index contributed by atoms with van der Waals surface area (Å²) in [5, 5.41) is 5.33. The third-order valence-corrected chi connectivity index (χ3v) is 22.7. The molecule has 4 aliphatic rings. The van der Waals surface area contributed by atoms with E-state index >= 15 is 0 Å². The maximum absolute atomic E-state index is 2.68. The summed E-state index contributed by atoms with van der Waals surface area (Å²) in [6.45, 7) is 9.43. The number of para-hydroxylation sites is 2. The van der Waals surface area contributed by atoms with Crippen LogP contribution in [0.1, 0.15) is 146 Å². The number of benzene rings is 10. The Morgan fingerprint density at radius 2 is 0.707 bits per heavy atom. The van der Waals surface area contributed by atoms with Gasteiger partial charge < -0.3 is 9.80 Å². The molecule has 10 aromatic carbocycles. The standard InChI is InChI=1S/C78H68N2S2/c1-49-23-19-31-57-59-33-21-41-71(75(59)81-73(49)57)79(69-39-17-11-29-55(69)51-25-7-5-8-26-51)53-43-45-63-61(47-53)62-48-54(44-46-64(62)78(63)67-37-15-13-35-65(67)77(3,4)66-36-14-16-38-68(66)78)80(70-40-18-12-30-56(70)52-27-9-6-10-28-52)72-42-22-34-60-58-32-20-24-50(2)74(58)82-76(60)72/h11-24,29-48,51-52H,5-10,25-28H2,1-4H3. The molecule has 0 aliphatic heterocycles. The highest BCUT2D eigenvalue weighted by Gasteiger charge is 2.53. The monoisotopic (exact) mass is 1100 g/mol. The van der Waals surface area contributed by atoms with E-state index in [4.69, 9.17) is 0 Å². The van der Waals surface area contributed by atoms with Crippen LogP contribution in [0, 0.1) is 13.8 Å². The van der Waals surface area contributed by atoms with Gasteiger partial charge in [0.05, 0.1) is 26.2 Å². The maximum atomic E-state index is 2.68. The van der Waals surface area contributed by atoms with Crippen LogP contribution >= 0.6 is 22.7 Å². The Hall–Kier alpha value is -7.76. The van der Waals surface area contributed by atoms with E-state index in [1.54, 1.807) is 0 Å². The van der Waals surface area contributed by atoms with E-state index in [1.165, 1.54) is 205 Å². The molecule has 12 aromatic rings. The Kier molecular flexibility index (Phi) is 11.9. The molecule has 2 heterocycles. The minimum atomic E-state index is -0.563. The van der Waals surface area contributed by atoms with Crippen molar-refractivity contribution >= 4 is 97.1 Å². The van der Waals surface area contributed by atoms with Crippen LogP contribution in [0.5, 0.6) is 0 Å². The number of thiophene rings is 2. The molecule has 0 unspecified atom stereocenters. The number of fused-ring (bicyclic) bond motifs is 15. The lowest BCUT2D eigenvalue weighted by Crippen LogP contribution is -2.40. The Morgan fingerprint density at radius 3 is 1.15 bits per heavy atom. The number of anilines is 6. The van der Waals surface area contributed by atoms with E-state index in [1.807, 2.05) is 22.7 Å². The normalized spacial score (nSPS) is 16.4. The fourth-order valence-corrected chi connectivity index (χ4v) is 18.7. The Labute approximate surface area is 491 Å². The number of hydrogen-bond donors (Lipinski definition) is 0. The van der Waals surface area contributed by atoms with E-state index in [9.17, 15) is 0 Å². The van der Waals surface area contributed by atoms with E-state index < -0.39 is 5.41 Å². The van der Waals surface area contributed by atoms with Crippen LogP contribution in [-0.4, -0.2) is 0 Å². The summed E-state index contributed by atoms with van der Waals surface area (Å²) in [6.07, 6.45) is 12.7. The average Bonchev–Trinajstić information content (AvgIpc) is 1.63. The molecular weight excluding hydrogens is 1030 g/mol. The largest absolute Gasteiger partial charge is 0.309 e. The zero-order valence-electron chi connectivity index (χ0n) is 47.6. The van der Waals surface area contributed by atoms with Crippen LogP contribution in [0.4, 0.5) is 34.1 Å². The number of nitrogens with zero attached hydrogens (tertiary/aromatic N) is 2. The average molecular weight is 1100 g/mol. The van der Waals surface area contributed by atoms with Gasteiger partial charge in [0, 0.05) is 59.1 Å². The van der Waals surface area contributed by atoms with Crippen molar-refractivity contribution in [3.8, 4) is 11.1 Å². The van der Waals surface area contributed by atoms with Crippen LogP contribution in [0.2, 0.25) is 0 Å². The summed E-state index contributed by atoms with van der Waals surface area (Å²) in [5.74, 6) is 1.01. The van der Waals surface area contributed by atoms with Crippen molar-refractivity contribution in [1.29, 1.82) is 0 Å². The van der Waals surface area contributed by atoms with Crippen molar-refractivity contribution in [1.82, 2.24) is 0 Å². The zero-order chi connectivity index (χ0) is 54.8. The van der Waals surface area contributed by atoms with Gasteiger partial charge in [-0.2, -0.15) is 0 Å². The molecule has 0 radical (unpaired) electrons. The highest BCUT2D eigenvalue weighted by atomic mass is 32.1. The van der Waals surface area contributed by atoms with Gasteiger partial charge in [-0.25, -0.2) is 0 Å². The second kappa shape index (κ2) is 19.4. The predicted molar refractivity (Wildman–Crippen MR) is 352 cm³/mol. The number of rotatable bonds is 8. The van der Waals surface area contributed by atoms with Crippen molar-refractivity contribution < 1.29 is 0 Å².